The van der Waals surface area contributed by atoms with E-state index in [-0.39, 0.29) is 33.4 Å². The lowest BCUT2D eigenvalue weighted by Crippen LogP contribution is -2.28. The fourth-order valence-electron chi connectivity index (χ4n) is 3.53. The molecule has 9 heteroatoms. The van der Waals surface area contributed by atoms with Crippen LogP contribution in [0.3, 0.4) is 0 Å². The second kappa shape index (κ2) is 10.1. The number of carboxylic acid groups (broad SMARTS) is 1. The van der Waals surface area contributed by atoms with Crippen LogP contribution < -0.4 is 10.6 Å². The number of phenols is 1. The maximum atomic E-state index is 12.7. The maximum Gasteiger partial charge on any atom is 0.352 e. The Labute approximate surface area is 204 Å². The van der Waals surface area contributed by atoms with Gasteiger partial charge < -0.3 is 25.8 Å². The summed E-state index contributed by atoms with van der Waals surface area (Å²) in [6.45, 7) is 0.299. The molecule has 0 aliphatic rings. The monoisotopic (exact) mass is 489 g/mol. The molecule has 0 aliphatic heterocycles. The van der Waals surface area contributed by atoms with Crippen LogP contribution in [-0.4, -0.2) is 33.0 Å². The first-order valence-corrected chi connectivity index (χ1v) is 10.9. The van der Waals surface area contributed by atoms with Crippen LogP contribution in [0, 0.1) is 0 Å². The molecule has 0 saturated heterocycles. The summed E-state index contributed by atoms with van der Waals surface area (Å²) in [5.41, 5.74) is 1.91. The minimum Gasteiger partial charge on any atom is -0.507 e. The van der Waals surface area contributed by atoms with Crippen molar-refractivity contribution in [3.05, 3.63) is 106 Å². The molecule has 35 heavy (non-hydrogen) atoms. The summed E-state index contributed by atoms with van der Waals surface area (Å²) in [5.74, 6) is -2.69. The van der Waals surface area contributed by atoms with Crippen LogP contribution in [0.1, 0.15) is 31.8 Å². The molecule has 5 N–H and O–H groups in total. The molecule has 0 radical (unpaired) electrons. The highest BCUT2D eigenvalue weighted by atomic mass is 35.5. The van der Waals surface area contributed by atoms with Gasteiger partial charge in [-0.05, 0) is 48.0 Å². The maximum absolute atomic E-state index is 12.7. The van der Waals surface area contributed by atoms with Gasteiger partial charge in [-0.2, -0.15) is 0 Å². The number of halogens is 1. The SMILES string of the molecule is O=C(O)/C(=C/c1ccccc1O)NC(=O)c1ccc(C(=O)NCc2cccc3[nH]ccc23)cc1Cl. The van der Waals surface area contributed by atoms with E-state index in [4.69, 9.17) is 11.6 Å². The van der Waals surface area contributed by atoms with Gasteiger partial charge in [-0.3, -0.25) is 9.59 Å². The second-order valence-electron chi connectivity index (χ2n) is 7.61. The minimum atomic E-state index is -1.40. The average Bonchev–Trinajstić information content (AvgIpc) is 3.32. The Balaban J connectivity index is 1.47. The number of phenolic OH excluding ortho intramolecular Hbond substituents is 1. The van der Waals surface area contributed by atoms with Crippen LogP contribution in [0.25, 0.3) is 17.0 Å². The number of hydrogen-bond acceptors (Lipinski definition) is 4. The van der Waals surface area contributed by atoms with Gasteiger partial charge in [0.25, 0.3) is 11.8 Å². The molecule has 0 spiro atoms. The highest BCUT2D eigenvalue weighted by Crippen LogP contribution is 2.21. The molecule has 0 bridgehead atoms. The number of fused-ring (bicyclic) bond motifs is 1. The third-order valence-corrected chi connectivity index (χ3v) is 5.63. The molecule has 1 heterocycles. The van der Waals surface area contributed by atoms with Crippen molar-refractivity contribution in [1.29, 1.82) is 0 Å². The van der Waals surface area contributed by atoms with Crippen molar-refractivity contribution in [2.75, 3.05) is 0 Å². The summed E-state index contributed by atoms with van der Waals surface area (Å²) >= 11 is 6.25. The molecule has 1 aromatic heterocycles. The van der Waals surface area contributed by atoms with Crippen LogP contribution in [-0.2, 0) is 11.3 Å². The number of carbonyl (C=O) groups excluding carboxylic acids is 2. The number of hydrogen-bond donors (Lipinski definition) is 5. The van der Waals surface area contributed by atoms with Gasteiger partial charge in [0.05, 0.1) is 10.6 Å². The van der Waals surface area contributed by atoms with Crippen molar-refractivity contribution < 1.29 is 24.6 Å². The molecule has 2 amide bonds. The first-order chi connectivity index (χ1) is 16.8. The molecule has 0 fully saturated rings. The van der Waals surface area contributed by atoms with E-state index in [1.54, 1.807) is 12.1 Å². The van der Waals surface area contributed by atoms with E-state index in [0.29, 0.717) is 6.54 Å². The van der Waals surface area contributed by atoms with E-state index in [2.05, 4.69) is 15.6 Å². The Morgan fingerprint density at radius 1 is 0.971 bits per heavy atom. The van der Waals surface area contributed by atoms with Crippen molar-refractivity contribution in [2.24, 2.45) is 0 Å². The zero-order chi connectivity index (χ0) is 24.9. The number of H-pyrrole nitrogens is 1. The second-order valence-corrected chi connectivity index (χ2v) is 8.02. The molecule has 4 aromatic rings. The van der Waals surface area contributed by atoms with Crippen LogP contribution in [0.5, 0.6) is 5.75 Å². The number of carbonyl (C=O) groups is 3. The van der Waals surface area contributed by atoms with Crippen molar-refractivity contribution in [2.45, 2.75) is 6.54 Å². The van der Waals surface area contributed by atoms with Gasteiger partial charge in [-0.15, -0.1) is 0 Å². The Bertz CT molecular complexity index is 1470. The topological polar surface area (TPSA) is 132 Å². The van der Waals surface area contributed by atoms with Crippen LogP contribution in [0.2, 0.25) is 5.02 Å². The fourth-order valence-corrected chi connectivity index (χ4v) is 3.80. The van der Waals surface area contributed by atoms with Crippen molar-refractivity contribution in [1.82, 2.24) is 15.6 Å². The first-order valence-electron chi connectivity index (χ1n) is 10.5. The molecular formula is C26H20ClN3O5. The lowest BCUT2D eigenvalue weighted by atomic mass is 10.1. The molecular weight excluding hydrogens is 470 g/mol. The van der Waals surface area contributed by atoms with E-state index in [0.717, 1.165) is 22.5 Å². The van der Waals surface area contributed by atoms with Crippen molar-refractivity contribution in [3.8, 4) is 5.75 Å². The zero-order valence-electron chi connectivity index (χ0n) is 18.2. The van der Waals surface area contributed by atoms with Gasteiger partial charge in [-0.1, -0.05) is 41.9 Å². The third kappa shape index (κ3) is 5.34. The third-order valence-electron chi connectivity index (χ3n) is 5.32. The summed E-state index contributed by atoms with van der Waals surface area (Å²) in [4.78, 5) is 40.1. The van der Waals surface area contributed by atoms with Gasteiger partial charge in [-0.25, -0.2) is 4.79 Å². The number of aromatic hydroxyl groups is 1. The molecule has 176 valence electrons. The normalized spacial score (nSPS) is 11.3. The number of carboxylic acids is 1. The summed E-state index contributed by atoms with van der Waals surface area (Å²) in [6, 6.07) is 17.9. The molecule has 0 aliphatic carbocycles. The van der Waals surface area contributed by atoms with E-state index < -0.39 is 17.6 Å². The Kier molecular flexibility index (Phi) is 6.84. The van der Waals surface area contributed by atoms with Crippen molar-refractivity contribution >= 4 is 46.4 Å². The molecule has 3 aromatic carbocycles. The molecule has 0 unspecified atom stereocenters. The lowest BCUT2D eigenvalue weighted by Gasteiger charge is -2.10. The van der Waals surface area contributed by atoms with Crippen LogP contribution in [0.15, 0.2) is 78.6 Å². The highest BCUT2D eigenvalue weighted by Gasteiger charge is 2.18. The van der Waals surface area contributed by atoms with Crippen LogP contribution in [0.4, 0.5) is 0 Å². The van der Waals surface area contributed by atoms with E-state index >= 15 is 0 Å². The highest BCUT2D eigenvalue weighted by molar-refractivity contribution is 6.34. The summed E-state index contributed by atoms with van der Waals surface area (Å²) < 4.78 is 0. The number of amides is 2. The van der Waals surface area contributed by atoms with Crippen molar-refractivity contribution in [3.63, 3.8) is 0 Å². The molecule has 4 rings (SSSR count). The number of nitrogens with one attached hydrogen (secondary N) is 3. The van der Waals surface area contributed by atoms with Gasteiger partial charge in [0, 0.05) is 34.8 Å². The molecule has 0 saturated carbocycles. The number of aromatic nitrogens is 1. The van der Waals surface area contributed by atoms with Crippen LogP contribution >= 0.6 is 11.6 Å². The quantitative estimate of drug-likeness (QED) is 0.247. The Morgan fingerprint density at radius 3 is 2.51 bits per heavy atom. The summed E-state index contributed by atoms with van der Waals surface area (Å²) in [7, 11) is 0. The number of aromatic amines is 1. The Hall–Kier alpha value is -4.56. The molecule has 8 nitrogen and oxygen atoms in total. The van der Waals surface area contributed by atoms with Gasteiger partial charge in [0.1, 0.15) is 11.4 Å². The minimum absolute atomic E-state index is 0.00950. The predicted molar refractivity (Wildman–Crippen MR) is 132 cm³/mol. The Morgan fingerprint density at radius 2 is 1.77 bits per heavy atom. The van der Waals surface area contributed by atoms with E-state index in [1.165, 1.54) is 30.3 Å². The average molecular weight is 490 g/mol. The predicted octanol–water partition coefficient (Wildman–Crippen LogP) is 4.31. The largest absolute Gasteiger partial charge is 0.507 e. The number of para-hydroxylation sites is 1. The standard InChI is InChI=1S/C26H20ClN3O5/c27-20-12-16(24(32)29-14-17-5-3-6-21-18(17)10-11-28-21)8-9-19(20)25(33)30-22(26(34)35)13-15-4-1-2-7-23(15)31/h1-13,28,31H,14H2,(H,29,32)(H,30,33)(H,34,35)/b22-13-. The summed E-state index contributed by atoms with van der Waals surface area (Å²) in [5, 5.41) is 25.4. The summed E-state index contributed by atoms with van der Waals surface area (Å²) in [6.07, 6.45) is 2.96. The van der Waals surface area contributed by atoms with E-state index in [9.17, 15) is 24.6 Å². The van der Waals surface area contributed by atoms with Gasteiger partial charge in [0.2, 0.25) is 0 Å². The van der Waals surface area contributed by atoms with Gasteiger partial charge >= 0.3 is 5.97 Å². The number of aliphatic carboxylic acids is 1. The first kappa shape index (κ1) is 23.6. The molecule has 0 atom stereocenters. The fraction of sp³-hybridized carbons (Fsp3) is 0.0385. The smallest absolute Gasteiger partial charge is 0.352 e. The zero-order valence-corrected chi connectivity index (χ0v) is 19.0. The van der Waals surface area contributed by atoms with E-state index in [1.807, 2.05) is 30.5 Å². The lowest BCUT2D eigenvalue weighted by molar-refractivity contribution is -0.132. The number of benzene rings is 3. The van der Waals surface area contributed by atoms with Gasteiger partial charge in [0.15, 0.2) is 0 Å². The number of rotatable bonds is 7.